The Morgan fingerprint density at radius 1 is 1.35 bits per heavy atom. The molecular formula is C14H19ClFN. The molecule has 2 rings (SSSR count). The van der Waals surface area contributed by atoms with Crippen molar-refractivity contribution in [1.29, 1.82) is 0 Å². The van der Waals surface area contributed by atoms with Crippen LogP contribution in [0.5, 0.6) is 0 Å². The molecule has 0 bridgehead atoms. The molecule has 1 aromatic rings. The van der Waals surface area contributed by atoms with E-state index in [9.17, 15) is 4.39 Å². The second-order valence-corrected chi connectivity index (χ2v) is 5.82. The van der Waals surface area contributed by atoms with Crippen molar-refractivity contribution >= 4 is 11.6 Å². The molecule has 1 aliphatic rings. The summed E-state index contributed by atoms with van der Waals surface area (Å²) >= 11 is 5.87. The average Bonchev–Trinajstić information content (AvgIpc) is 2.64. The summed E-state index contributed by atoms with van der Waals surface area (Å²) in [4.78, 5) is 2.34. The molecule has 2 unspecified atom stereocenters. The molecule has 0 radical (unpaired) electrons. The van der Waals surface area contributed by atoms with Gasteiger partial charge in [-0.2, -0.15) is 0 Å². The van der Waals surface area contributed by atoms with Gasteiger partial charge in [-0.05, 0) is 36.6 Å². The van der Waals surface area contributed by atoms with E-state index in [1.54, 1.807) is 6.07 Å². The Labute approximate surface area is 108 Å². The SMILES string of the molecule is CC(C)C1CN(C)CC1c1ccc(F)c(Cl)c1. The third-order valence-electron chi connectivity index (χ3n) is 3.78. The Morgan fingerprint density at radius 2 is 2.06 bits per heavy atom. The summed E-state index contributed by atoms with van der Waals surface area (Å²) in [6.45, 7) is 6.64. The van der Waals surface area contributed by atoms with Crippen LogP contribution in [0.15, 0.2) is 18.2 Å². The van der Waals surface area contributed by atoms with Gasteiger partial charge >= 0.3 is 0 Å². The first-order valence-corrected chi connectivity index (χ1v) is 6.50. The lowest BCUT2D eigenvalue weighted by Crippen LogP contribution is -2.17. The second-order valence-electron chi connectivity index (χ2n) is 5.41. The fourth-order valence-corrected chi connectivity index (χ4v) is 2.99. The fourth-order valence-electron chi connectivity index (χ4n) is 2.80. The van der Waals surface area contributed by atoms with Gasteiger partial charge in [0.05, 0.1) is 5.02 Å². The lowest BCUT2D eigenvalue weighted by atomic mass is 9.82. The molecule has 0 amide bonds. The smallest absolute Gasteiger partial charge is 0.141 e. The minimum absolute atomic E-state index is 0.236. The minimum atomic E-state index is -0.331. The van der Waals surface area contributed by atoms with Gasteiger partial charge in [0.2, 0.25) is 0 Å². The zero-order valence-electron chi connectivity index (χ0n) is 10.6. The van der Waals surface area contributed by atoms with Crippen LogP contribution >= 0.6 is 11.6 Å². The molecule has 0 N–H and O–H groups in total. The number of hydrogen-bond acceptors (Lipinski definition) is 1. The van der Waals surface area contributed by atoms with E-state index in [0.29, 0.717) is 17.8 Å². The van der Waals surface area contributed by atoms with Crippen LogP contribution in [0.3, 0.4) is 0 Å². The van der Waals surface area contributed by atoms with Crippen LogP contribution in [0.4, 0.5) is 4.39 Å². The van der Waals surface area contributed by atoms with E-state index in [1.807, 2.05) is 6.07 Å². The molecular weight excluding hydrogens is 237 g/mol. The molecule has 0 saturated carbocycles. The van der Waals surface area contributed by atoms with Gasteiger partial charge < -0.3 is 4.90 Å². The van der Waals surface area contributed by atoms with Crippen LogP contribution in [-0.2, 0) is 0 Å². The first-order valence-electron chi connectivity index (χ1n) is 6.12. The van der Waals surface area contributed by atoms with E-state index in [-0.39, 0.29) is 10.8 Å². The zero-order valence-corrected chi connectivity index (χ0v) is 11.3. The van der Waals surface area contributed by atoms with E-state index in [2.05, 4.69) is 25.8 Å². The Bertz CT molecular complexity index is 405. The van der Waals surface area contributed by atoms with Crippen molar-refractivity contribution in [1.82, 2.24) is 4.90 Å². The summed E-state index contributed by atoms with van der Waals surface area (Å²) in [5, 5.41) is 0.236. The first-order chi connectivity index (χ1) is 7.99. The third kappa shape index (κ3) is 2.63. The molecule has 94 valence electrons. The summed E-state index contributed by atoms with van der Waals surface area (Å²) in [5.41, 5.74) is 1.17. The topological polar surface area (TPSA) is 3.24 Å². The molecule has 1 fully saturated rings. The molecule has 1 aromatic carbocycles. The molecule has 0 aromatic heterocycles. The summed E-state index contributed by atoms with van der Waals surface area (Å²) in [5.74, 6) is 1.40. The van der Waals surface area contributed by atoms with Crippen molar-refractivity contribution in [2.75, 3.05) is 20.1 Å². The number of rotatable bonds is 2. The number of likely N-dealkylation sites (N-methyl/N-ethyl adjacent to an activating group) is 1. The largest absolute Gasteiger partial charge is 0.305 e. The molecule has 2 atom stereocenters. The lowest BCUT2D eigenvalue weighted by Gasteiger charge is -2.22. The van der Waals surface area contributed by atoms with Gasteiger partial charge in [-0.15, -0.1) is 0 Å². The standard InChI is InChI=1S/C14H19ClFN/c1-9(2)11-7-17(3)8-12(11)10-4-5-14(16)13(15)6-10/h4-6,9,11-12H,7-8H2,1-3H3. The Hall–Kier alpha value is -0.600. The molecule has 1 saturated heterocycles. The van der Waals surface area contributed by atoms with E-state index in [1.165, 1.54) is 11.6 Å². The number of nitrogens with zero attached hydrogens (tertiary/aromatic N) is 1. The molecule has 17 heavy (non-hydrogen) atoms. The van der Waals surface area contributed by atoms with E-state index in [4.69, 9.17) is 11.6 Å². The van der Waals surface area contributed by atoms with Crippen LogP contribution < -0.4 is 0 Å². The Kier molecular flexibility index (Phi) is 3.74. The highest BCUT2D eigenvalue weighted by molar-refractivity contribution is 6.30. The normalized spacial score (nSPS) is 25.8. The highest BCUT2D eigenvalue weighted by atomic mass is 35.5. The summed E-state index contributed by atoms with van der Waals surface area (Å²) in [6, 6.07) is 5.14. The maximum Gasteiger partial charge on any atom is 0.141 e. The number of hydrogen-bond donors (Lipinski definition) is 0. The minimum Gasteiger partial charge on any atom is -0.305 e. The second kappa shape index (κ2) is 4.95. The highest BCUT2D eigenvalue weighted by Crippen LogP contribution is 2.37. The highest BCUT2D eigenvalue weighted by Gasteiger charge is 2.33. The number of benzene rings is 1. The molecule has 0 aliphatic carbocycles. The first kappa shape index (κ1) is 12.8. The molecule has 1 aliphatic heterocycles. The van der Waals surface area contributed by atoms with Crippen molar-refractivity contribution < 1.29 is 4.39 Å². The van der Waals surface area contributed by atoms with Crippen molar-refractivity contribution in [3.05, 3.63) is 34.6 Å². The molecule has 1 heterocycles. The van der Waals surface area contributed by atoms with Gasteiger partial charge in [-0.3, -0.25) is 0 Å². The quantitative estimate of drug-likeness (QED) is 0.777. The maximum absolute atomic E-state index is 13.2. The van der Waals surface area contributed by atoms with Crippen molar-refractivity contribution in [2.45, 2.75) is 19.8 Å². The zero-order chi connectivity index (χ0) is 12.6. The van der Waals surface area contributed by atoms with Crippen LogP contribution in [0, 0.1) is 17.7 Å². The summed E-state index contributed by atoms with van der Waals surface area (Å²) in [7, 11) is 2.14. The van der Waals surface area contributed by atoms with Crippen molar-refractivity contribution in [3.63, 3.8) is 0 Å². The monoisotopic (exact) mass is 255 g/mol. The lowest BCUT2D eigenvalue weighted by molar-refractivity contribution is 0.344. The Balaban J connectivity index is 2.28. The van der Waals surface area contributed by atoms with Crippen molar-refractivity contribution in [2.24, 2.45) is 11.8 Å². The molecule has 1 nitrogen and oxygen atoms in total. The fraction of sp³-hybridized carbons (Fsp3) is 0.571. The summed E-state index contributed by atoms with van der Waals surface area (Å²) < 4.78 is 13.2. The van der Waals surface area contributed by atoms with Crippen LogP contribution in [-0.4, -0.2) is 25.0 Å². The summed E-state index contributed by atoms with van der Waals surface area (Å²) in [6.07, 6.45) is 0. The van der Waals surface area contributed by atoms with Gasteiger partial charge in [0.1, 0.15) is 5.82 Å². The third-order valence-corrected chi connectivity index (χ3v) is 4.07. The number of halogens is 2. The van der Waals surface area contributed by atoms with E-state index >= 15 is 0 Å². The van der Waals surface area contributed by atoms with Gasteiger partial charge in [0.15, 0.2) is 0 Å². The Morgan fingerprint density at radius 3 is 2.65 bits per heavy atom. The molecule has 0 spiro atoms. The van der Waals surface area contributed by atoms with Gasteiger partial charge in [0, 0.05) is 19.0 Å². The predicted octanol–water partition coefficient (Wildman–Crippen LogP) is 3.78. The predicted molar refractivity (Wildman–Crippen MR) is 70.0 cm³/mol. The van der Waals surface area contributed by atoms with Gasteiger partial charge in [-0.1, -0.05) is 31.5 Å². The van der Waals surface area contributed by atoms with Crippen LogP contribution in [0.25, 0.3) is 0 Å². The van der Waals surface area contributed by atoms with E-state index < -0.39 is 0 Å². The number of likely N-dealkylation sites (tertiary alicyclic amines) is 1. The van der Waals surface area contributed by atoms with Crippen LogP contribution in [0.2, 0.25) is 5.02 Å². The van der Waals surface area contributed by atoms with Crippen LogP contribution in [0.1, 0.15) is 25.3 Å². The average molecular weight is 256 g/mol. The van der Waals surface area contributed by atoms with E-state index in [0.717, 1.165) is 13.1 Å². The van der Waals surface area contributed by atoms with Gasteiger partial charge in [0.25, 0.3) is 0 Å². The van der Waals surface area contributed by atoms with Crippen molar-refractivity contribution in [3.8, 4) is 0 Å². The van der Waals surface area contributed by atoms with Gasteiger partial charge in [-0.25, -0.2) is 4.39 Å². The maximum atomic E-state index is 13.2. The molecule has 3 heteroatoms.